The van der Waals surface area contributed by atoms with Gasteiger partial charge >= 0.3 is 0 Å². The van der Waals surface area contributed by atoms with Gasteiger partial charge in [0.2, 0.25) is 5.91 Å². The first-order chi connectivity index (χ1) is 9.49. The summed E-state index contributed by atoms with van der Waals surface area (Å²) in [6.45, 7) is 6.16. The number of benzene rings is 1. The Morgan fingerprint density at radius 2 is 1.95 bits per heavy atom. The van der Waals surface area contributed by atoms with Crippen LogP contribution in [-0.2, 0) is 11.2 Å². The summed E-state index contributed by atoms with van der Waals surface area (Å²) in [7, 11) is 0. The van der Waals surface area contributed by atoms with Crippen LogP contribution in [0.2, 0.25) is 0 Å². The van der Waals surface area contributed by atoms with E-state index in [1.807, 2.05) is 37.4 Å². The molecule has 1 unspecified atom stereocenters. The van der Waals surface area contributed by atoms with E-state index in [2.05, 4.69) is 24.1 Å². The fourth-order valence-electron chi connectivity index (χ4n) is 2.13. The molecule has 5 heteroatoms. The predicted molar refractivity (Wildman–Crippen MR) is 89.7 cm³/mol. The van der Waals surface area contributed by atoms with Crippen LogP contribution in [0, 0.1) is 5.92 Å². The highest BCUT2D eigenvalue weighted by Gasteiger charge is 2.18. The van der Waals surface area contributed by atoms with Crippen LogP contribution >= 0.6 is 12.4 Å². The summed E-state index contributed by atoms with van der Waals surface area (Å²) in [5.74, 6) is 0.315. The molecule has 0 radical (unpaired) electrons. The minimum Gasteiger partial charge on any atom is -0.361 e. The van der Waals surface area contributed by atoms with Crippen molar-refractivity contribution >= 4 is 29.2 Å². The van der Waals surface area contributed by atoms with Gasteiger partial charge in [0.05, 0.1) is 6.04 Å². The van der Waals surface area contributed by atoms with Gasteiger partial charge in [-0.1, -0.05) is 32.0 Å². The van der Waals surface area contributed by atoms with E-state index in [0.29, 0.717) is 12.3 Å². The molecule has 0 saturated heterocycles. The third-order valence-electron chi connectivity index (χ3n) is 3.82. The molecule has 1 heterocycles. The quantitative estimate of drug-likeness (QED) is 0.794. The number of halogens is 1. The second-order valence-corrected chi connectivity index (χ2v) is 5.71. The average Bonchev–Trinajstić information content (AvgIpc) is 2.82. The summed E-state index contributed by atoms with van der Waals surface area (Å²) in [5, 5.41) is 4.10. The highest BCUT2D eigenvalue weighted by Crippen LogP contribution is 2.18. The van der Waals surface area contributed by atoms with Gasteiger partial charge in [-0.2, -0.15) is 0 Å². The molecule has 0 aliphatic carbocycles. The largest absolute Gasteiger partial charge is 0.361 e. The van der Waals surface area contributed by atoms with Gasteiger partial charge in [-0.05, 0) is 30.9 Å². The molecule has 21 heavy (non-hydrogen) atoms. The van der Waals surface area contributed by atoms with Crippen molar-refractivity contribution in [2.75, 3.05) is 0 Å². The normalized spacial score (nSPS) is 13.8. The molecule has 2 aromatic rings. The molecular weight excluding hydrogens is 286 g/mol. The van der Waals surface area contributed by atoms with Crippen molar-refractivity contribution in [1.82, 2.24) is 10.3 Å². The number of rotatable bonds is 5. The fraction of sp³-hybridized carbons (Fsp3) is 0.438. The zero-order valence-corrected chi connectivity index (χ0v) is 13.5. The summed E-state index contributed by atoms with van der Waals surface area (Å²) in [6.07, 6.45) is 2.48. The van der Waals surface area contributed by atoms with Gasteiger partial charge in [0.1, 0.15) is 0 Å². The van der Waals surface area contributed by atoms with E-state index in [1.54, 1.807) is 0 Å². The lowest BCUT2D eigenvalue weighted by atomic mass is 10.0. The topological polar surface area (TPSA) is 70.9 Å². The summed E-state index contributed by atoms with van der Waals surface area (Å²) < 4.78 is 0. The number of carbonyl (C=O) groups is 1. The number of H-pyrrole nitrogens is 1. The zero-order chi connectivity index (χ0) is 14.7. The summed E-state index contributed by atoms with van der Waals surface area (Å²) >= 11 is 0. The first-order valence-corrected chi connectivity index (χ1v) is 7.10. The number of hydrogen-bond acceptors (Lipinski definition) is 2. The van der Waals surface area contributed by atoms with Crippen molar-refractivity contribution in [2.45, 2.75) is 39.3 Å². The van der Waals surface area contributed by atoms with Gasteiger partial charge in [0.25, 0.3) is 0 Å². The molecule has 4 N–H and O–H groups in total. The molecule has 0 fully saturated rings. The van der Waals surface area contributed by atoms with Gasteiger partial charge in [-0.25, -0.2) is 0 Å². The van der Waals surface area contributed by atoms with Crippen LogP contribution in [0.15, 0.2) is 30.5 Å². The number of hydrogen-bond donors (Lipinski definition) is 3. The second kappa shape index (κ2) is 7.48. The Labute approximate surface area is 131 Å². The highest BCUT2D eigenvalue weighted by molar-refractivity contribution is 5.86. The lowest BCUT2D eigenvalue weighted by Gasteiger charge is -2.20. The Bertz CT molecular complexity index is 594. The number of aromatic nitrogens is 1. The molecule has 1 aromatic carbocycles. The number of nitrogens with one attached hydrogen (secondary N) is 2. The minimum absolute atomic E-state index is 0. The number of fused-ring (bicyclic) bond motifs is 1. The molecule has 2 atom stereocenters. The molecule has 0 aliphatic heterocycles. The van der Waals surface area contributed by atoms with Gasteiger partial charge < -0.3 is 16.0 Å². The number of nitrogens with two attached hydrogens (primary N) is 1. The fourth-order valence-corrected chi connectivity index (χ4v) is 2.13. The van der Waals surface area contributed by atoms with E-state index in [1.165, 1.54) is 0 Å². The van der Waals surface area contributed by atoms with E-state index >= 15 is 0 Å². The standard InChI is InChI=1S/C16H23N3O.ClH/c1-10(2)11(3)19-16(20)14(17)8-12-9-18-15-7-5-4-6-13(12)15;/h4-7,9-11,14,18H,8,17H2,1-3H3,(H,19,20);1H/t11?,14-;/m0./s1. The monoisotopic (exact) mass is 309 g/mol. The lowest BCUT2D eigenvalue weighted by molar-refractivity contribution is -0.123. The van der Waals surface area contributed by atoms with Gasteiger partial charge in [0, 0.05) is 23.1 Å². The molecular formula is C16H24ClN3O. The van der Waals surface area contributed by atoms with E-state index in [9.17, 15) is 4.79 Å². The van der Waals surface area contributed by atoms with Crippen molar-refractivity contribution in [1.29, 1.82) is 0 Å². The van der Waals surface area contributed by atoms with E-state index < -0.39 is 6.04 Å². The van der Waals surface area contributed by atoms with Crippen LogP contribution in [0.25, 0.3) is 10.9 Å². The van der Waals surface area contributed by atoms with Crippen molar-refractivity contribution in [2.24, 2.45) is 11.7 Å². The molecule has 1 aromatic heterocycles. The molecule has 4 nitrogen and oxygen atoms in total. The first-order valence-electron chi connectivity index (χ1n) is 7.10. The average molecular weight is 310 g/mol. The van der Waals surface area contributed by atoms with Crippen LogP contribution in [0.1, 0.15) is 26.3 Å². The lowest BCUT2D eigenvalue weighted by Crippen LogP contribution is -2.47. The van der Waals surface area contributed by atoms with Gasteiger partial charge in [-0.3, -0.25) is 4.79 Å². The summed E-state index contributed by atoms with van der Waals surface area (Å²) in [5.41, 5.74) is 8.18. The minimum atomic E-state index is -0.518. The van der Waals surface area contributed by atoms with Crippen LogP contribution in [0.4, 0.5) is 0 Å². The van der Waals surface area contributed by atoms with Crippen molar-refractivity contribution in [3.63, 3.8) is 0 Å². The smallest absolute Gasteiger partial charge is 0.237 e. The Morgan fingerprint density at radius 1 is 1.29 bits per heavy atom. The Balaban J connectivity index is 0.00000220. The molecule has 0 bridgehead atoms. The maximum absolute atomic E-state index is 12.1. The first kappa shape index (κ1) is 17.5. The summed E-state index contributed by atoms with van der Waals surface area (Å²) in [6, 6.07) is 7.66. The van der Waals surface area contributed by atoms with Gasteiger partial charge in [0.15, 0.2) is 0 Å². The highest BCUT2D eigenvalue weighted by atomic mass is 35.5. The Kier molecular flexibility index (Phi) is 6.24. The van der Waals surface area contributed by atoms with Crippen molar-refractivity contribution in [3.05, 3.63) is 36.0 Å². The third kappa shape index (κ3) is 4.22. The maximum Gasteiger partial charge on any atom is 0.237 e. The summed E-state index contributed by atoms with van der Waals surface area (Å²) in [4.78, 5) is 15.3. The molecule has 1 amide bonds. The van der Waals surface area contributed by atoms with Gasteiger partial charge in [-0.15, -0.1) is 12.4 Å². The SMILES string of the molecule is CC(C)C(C)NC(=O)[C@@H](N)Cc1c[nH]c2ccccc12.Cl. The van der Waals surface area contributed by atoms with Crippen LogP contribution < -0.4 is 11.1 Å². The molecule has 0 saturated carbocycles. The van der Waals surface area contributed by atoms with E-state index in [4.69, 9.17) is 5.73 Å². The number of carbonyl (C=O) groups excluding carboxylic acids is 1. The zero-order valence-electron chi connectivity index (χ0n) is 12.7. The Hall–Kier alpha value is -1.52. The van der Waals surface area contributed by atoms with E-state index in [-0.39, 0.29) is 24.4 Å². The van der Waals surface area contributed by atoms with Crippen LogP contribution in [-0.4, -0.2) is 23.0 Å². The Morgan fingerprint density at radius 3 is 2.62 bits per heavy atom. The number of amides is 1. The van der Waals surface area contributed by atoms with Crippen molar-refractivity contribution < 1.29 is 4.79 Å². The molecule has 0 spiro atoms. The number of aromatic amines is 1. The molecule has 2 rings (SSSR count). The predicted octanol–water partition coefficient (Wildman–Crippen LogP) is 2.62. The van der Waals surface area contributed by atoms with Crippen molar-refractivity contribution in [3.8, 4) is 0 Å². The van der Waals surface area contributed by atoms with E-state index in [0.717, 1.165) is 16.5 Å². The van der Waals surface area contributed by atoms with Crippen LogP contribution in [0.3, 0.4) is 0 Å². The van der Waals surface area contributed by atoms with Crippen LogP contribution in [0.5, 0.6) is 0 Å². The maximum atomic E-state index is 12.1. The molecule has 116 valence electrons. The molecule has 0 aliphatic rings. The number of para-hydroxylation sites is 1. The third-order valence-corrected chi connectivity index (χ3v) is 3.82. The second-order valence-electron chi connectivity index (χ2n) is 5.71.